The van der Waals surface area contributed by atoms with Gasteiger partial charge in [0.1, 0.15) is 0 Å². The minimum atomic E-state index is -0.0841. The second-order valence-corrected chi connectivity index (χ2v) is 5.96. The molecule has 2 aromatic carbocycles. The van der Waals surface area contributed by atoms with E-state index in [1.54, 1.807) is 0 Å². The summed E-state index contributed by atoms with van der Waals surface area (Å²) >= 11 is 0. The quantitative estimate of drug-likeness (QED) is 0.760. The van der Waals surface area contributed by atoms with Crippen molar-refractivity contribution in [2.75, 3.05) is 7.05 Å². The van der Waals surface area contributed by atoms with E-state index >= 15 is 0 Å². The molecule has 0 saturated carbocycles. The number of amides is 1. The zero-order valence-corrected chi connectivity index (χ0v) is 13.8. The molecule has 23 heavy (non-hydrogen) atoms. The molecule has 3 rings (SSSR count). The summed E-state index contributed by atoms with van der Waals surface area (Å²) in [4.78, 5) is 17.5. The van der Waals surface area contributed by atoms with Gasteiger partial charge in [0.25, 0.3) is 0 Å². The van der Waals surface area contributed by atoms with Gasteiger partial charge in [-0.15, -0.1) is 0 Å². The van der Waals surface area contributed by atoms with E-state index in [1.165, 1.54) is 5.56 Å². The number of rotatable bonds is 4. The zero-order chi connectivity index (χ0) is 16.4. The van der Waals surface area contributed by atoms with Crippen LogP contribution in [0.15, 0.2) is 54.7 Å². The Morgan fingerprint density at radius 1 is 1.13 bits per heavy atom. The first-order chi connectivity index (χ1) is 11.1. The Balaban J connectivity index is 2.15. The molecule has 1 aromatic heterocycles. The van der Waals surface area contributed by atoms with Gasteiger partial charge in [-0.05, 0) is 18.6 Å². The summed E-state index contributed by atoms with van der Waals surface area (Å²) in [6.45, 7) is 3.98. The third-order valence-corrected chi connectivity index (χ3v) is 4.39. The summed E-state index contributed by atoms with van der Waals surface area (Å²) in [5.41, 5.74) is 4.58. The molecule has 3 heteroatoms. The van der Waals surface area contributed by atoms with Crippen molar-refractivity contribution in [1.82, 2.24) is 9.88 Å². The highest BCUT2D eigenvalue weighted by atomic mass is 16.2. The van der Waals surface area contributed by atoms with E-state index in [1.807, 2.05) is 37.2 Å². The van der Waals surface area contributed by atoms with E-state index in [-0.39, 0.29) is 11.9 Å². The van der Waals surface area contributed by atoms with E-state index in [0.717, 1.165) is 22.0 Å². The van der Waals surface area contributed by atoms with Crippen molar-refractivity contribution in [3.05, 3.63) is 71.4 Å². The molecule has 0 bridgehead atoms. The third-order valence-electron chi connectivity index (χ3n) is 4.39. The predicted octanol–water partition coefficient (Wildman–Crippen LogP) is 4.43. The fourth-order valence-corrected chi connectivity index (χ4v) is 3.07. The topological polar surface area (TPSA) is 36.1 Å². The van der Waals surface area contributed by atoms with Gasteiger partial charge < -0.3 is 9.88 Å². The van der Waals surface area contributed by atoms with Gasteiger partial charge >= 0.3 is 0 Å². The number of aromatic nitrogens is 1. The lowest BCUT2D eigenvalue weighted by atomic mass is 9.96. The normalized spacial score (nSPS) is 12.3. The lowest BCUT2D eigenvalue weighted by molar-refractivity contribution is -0.131. The highest BCUT2D eigenvalue weighted by Gasteiger charge is 2.24. The van der Waals surface area contributed by atoms with Crippen molar-refractivity contribution in [1.29, 1.82) is 0 Å². The van der Waals surface area contributed by atoms with Gasteiger partial charge in [-0.3, -0.25) is 4.79 Å². The summed E-state index contributed by atoms with van der Waals surface area (Å²) in [7, 11) is 1.89. The molecule has 1 heterocycles. The van der Waals surface area contributed by atoms with Crippen LogP contribution < -0.4 is 0 Å². The predicted molar refractivity (Wildman–Crippen MR) is 94.4 cm³/mol. The Morgan fingerprint density at radius 3 is 2.52 bits per heavy atom. The number of fused-ring (bicyclic) bond motifs is 1. The van der Waals surface area contributed by atoms with Crippen molar-refractivity contribution in [2.45, 2.75) is 26.3 Å². The second kappa shape index (κ2) is 6.29. The highest BCUT2D eigenvalue weighted by Crippen LogP contribution is 2.33. The van der Waals surface area contributed by atoms with E-state index in [9.17, 15) is 4.79 Å². The largest absolute Gasteiger partial charge is 0.361 e. The number of para-hydroxylation sites is 1. The van der Waals surface area contributed by atoms with Gasteiger partial charge in [-0.25, -0.2) is 0 Å². The number of H-pyrrole nitrogens is 1. The molecule has 0 spiro atoms. The number of aryl methyl sites for hydroxylation is 1. The molecule has 0 radical (unpaired) electrons. The van der Waals surface area contributed by atoms with Gasteiger partial charge in [0.05, 0.1) is 6.04 Å². The number of aromatic amines is 1. The molecule has 1 N–H and O–H groups in total. The fraction of sp³-hybridized carbons (Fsp3) is 0.250. The van der Waals surface area contributed by atoms with E-state index in [0.29, 0.717) is 6.42 Å². The Kier molecular flexibility index (Phi) is 4.20. The first kappa shape index (κ1) is 15.3. The Bertz CT molecular complexity index is 817. The number of nitrogens with one attached hydrogen (secondary N) is 1. The van der Waals surface area contributed by atoms with Gasteiger partial charge in [0.2, 0.25) is 5.91 Å². The monoisotopic (exact) mass is 306 g/mol. The summed E-state index contributed by atoms with van der Waals surface area (Å²) in [5, 5.41) is 1.16. The van der Waals surface area contributed by atoms with Crippen LogP contribution in [0.1, 0.15) is 36.1 Å². The number of hydrogen-bond donors (Lipinski definition) is 1. The minimum Gasteiger partial charge on any atom is -0.361 e. The first-order valence-electron chi connectivity index (χ1n) is 8.00. The molecule has 1 amide bonds. The number of nitrogens with zero attached hydrogens (tertiary/aromatic N) is 1. The van der Waals surface area contributed by atoms with Crippen molar-refractivity contribution in [3.8, 4) is 0 Å². The Labute approximate surface area is 136 Å². The minimum absolute atomic E-state index is 0.0841. The molecular formula is C20H22N2O. The number of carbonyl (C=O) groups excluding carboxylic acids is 1. The van der Waals surface area contributed by atoms with E-state index in [2.05, 4.69) is 48.3 Å². The average Bonchev–Trinajstić information content (AvgIpc) is 3.00. The van der Waals surface area contributed by atoms with Gasteiger partial charge in [0.15, 0.2) is 0 Å². The van der Waals surface area contributed by atoms with Crippen LogP contribution in [0.25, 0.3) is 10.9 Å². The van der Waals surface area contributed by atoms with Crippen LogP contribution in [0.3, 0.4) is 0 Å². The molecule has 118 valence electrons. The lowest BCUT2D eigenvalue weighted by Gasteiger charge is -2.28. The van der Waals surface area contributed by atoms with Crippen LogP contribution in [0, 0.1) is 6.92 Å². The van der Waals surface area contributed by atoms with Crippen LogP contribution in [-0.2, 0) is 4.79 Å². The van der Waals surface area contributed by atoms with Crippen molar-refractivity contribution < 1.29 is 4.79 Å². The Morgan fingerprint density at radius 2 is 1.83 bits per heavy atom. The van der Waals surface area contributed by atoms with Crippen molar-refractivity contribution >= 4 is 16.8 Å². The summed E-state index contributed by atoms with van der Waals surface area (Å²) in [5.74, 6) is 0.140. The van der Waals surface area contributed by atoms with Crippen LogP contribution in [0.5, 0.6) is 0 Å². The zero-order valence-electron chi connectivity index (χ0n) is 13.8. The van der Waals surface area contributed by atoms with Gasteiger partial charge in [-0.1, -0.05) is 55.0 Å². The van der Waals surface area contributed by atoms with Crippen LogP contribution in [0.2, 0.25) is 0 Å². The summed E-state index contributed by atoms with van der Waals surface area (Å²) in [6.07, 6.45) is 2.52. The van der Waals surface area contributed by atoms with Crippen molar-refractivity contribution in [2.24, 2.45) is 0 Å². The summed E-state index contributed by atoms with van der Waals surface area (Å²) in [6, 6.07) is 16.6. The molecule has 0 aliphatic heterocycles. The average molecular weight is 306 g/mol. The molecule has 3 aromatic rings. The van der Waals surface area contributed by atoms with Crippen molar-refractivity contribution in [3.63, 3.8) is 0 Å². The van der Waals surface area contributed by atoms with E-state index < -0.39 is 0 Å². The first-order valence-corrected chi connectivity index (χ1v) is 8.00. The lowest BCUT2D eigenvalue weighted by Crippen LogP contribution is -2.31. The molecule has 0 aliphatic rings. The molecule has 0 aliphatic carbocycles. The molecule has 0 fully saturated rings. The molecular weight excluding hydrogens is 284 g/mol. The molecule has 0 saturated heterocycles. The molecule has 0 unspecified atom stereocenters. The van der Waals surface area contributed by atoms with E-state index in [4.69, 9.17) is 0 Å². The number of carbonyl (C=O) groups is 1. The van der Waals surface area contributed by atoms with Crippen LogP contribution >= 0.6 is 0 Å². The summed E-state index contributed by atoms with van der Waals surface area (Å²) < 4.78 is 0. The highest BCUT2D eigenvalue weighted by molar-refractivity contribution is 5.85. The number of benzene rings is 2. The molecule has 3 nitrogen and oxygen atoms in total. The maximum absolute atomic E-state index is 12.3. The van der Waals surface area contributed by atoms with Gasteiger partial charge in [0, 0.05) is 36.1 Å². The van der Waals surface area contributed by atoms with Crippen LogP contribution in [-0.4, -0.2) is 22.8 Å². The van der Waals surface area contributed by atoms with Crippen LogP contribution in [0.4, 0.5) is 0 Å². The second-order valence-electron chi connectivity index (χ2n) is 5.96. The maximum Gasteiger partial charge on any atom is 0.222 e. The fourth-order valence-electron chi connectivity index (χ4n) is 3.07. The Hall–Kier alpha value is -2.55. The third kappa shape index (κ3) is 2.87. The SMILES string of the molecule is CCC(=O)N(C)[C@@H](c1ccc(C)cc1)c1c[nH]c2ccccc12. The molecule has 1 atom stereocenters. The standard InChI is InChI=1S/C20H22N2O/c1-4-19(23)22(3)20(15-11-9-14(2)10-12-15)17-13-21-18-8-6-5-7-16(17)18/h5-13,20-21H,4H2,1-3H3/t20-/m0/s1. The smallest absolute Gasteiger partial charge is 0.222 e. The van der Waals surface area contributed by atoms with Gasteiger partial charge in [-0.2, -0.15) is 0 Å². The maximum atomic E-state index is 12.3. The number of hydrogen-bond acceptors (Lipinski definition) is 1.